The van der Waals surface area contributed by atoms with Gasteiger partial charge in [-0.3, -0.25) is 4.79 Å². The molecule has 3 rings (SSSR count). The fourth-order valence-electron chi connectivity index (χ4n) is 3.31. The summed E-state index contributed by atoms with van der Waals surface area (Å²) in [7, 11) is 1.69. The summed E-state index contributed by atoms with van der Waals surface area (Å²) in [6.45, 7) is 4.44. The number of anilines is 1. The first-order valence-electron chi connectivity index (χ1n) is 9.29. The first kappa shape index (κ1) is 19.5. The number of nitrogens with one attached hydrogen (secondary N) is 1. The molecule has 27 heavy (non-hydrogen) atoms. The molecular formula is C21H26ClN3O2. The summed E-state index contributed by atoms with van der Waals surface area (Å²) in [5, 5.41) is 4.06. The highest BCUT2D eigenvalue weighted by atomic mass is 35.5. The number of halogens is 1. The number of rotatable bonds is 7. The van der Waals surface area contributed by atoms with Crippen LogP contribution >= 0.6 is 11.6 Å². The number of para-hydroxylation sites is 2. The third-order valence-corrected chi connectivity index (χ3v) is 5.22. The molecule has 0 aliphatic carbocycles. The largest absolute Gasteiger partial charge is 0.495 e. The third kappa shape index (κ3) is 5.15. The number of nitrogens with zero attached hydrogens (tertiary/aromatic N) is 2. The second-order valence-corrected chi connectivity index (χ2v) is 6.97. The van der Waals surface area contributed by atoms with Crippen molar-refractivity contribution in [1.82, 2.24) is 10.2 Å². The minimum absolute atomic E-state index is 0.196. The van der Waals surface area contributed by atoms with E-state index in [1.807, 2.05) is 47.4 Å². The molecule has 5 nitrogen and oxygen atoms in total. The van der Waals surface area contributed by atoms with Gasteiger partial charge in [0.05, 0.1) is 12.8 Å². The fraction of sp³-hybridized carbons (Fsp3) is 0.381. The Hall–Kier alpha value is -2.24. The third-order valence-electron chi connectivity index (χ3n) is 4.85. The number of hydrogen-bond donors (Lipinski definition) is 1. The van der Waals surface area contributed by atoms with E-state index in [1.165, 1.54) is 0 Å². The lowest BCUT2D eigenvalue weighted by Gasteiger charge is -2.36. The van der Waals surface area contributed by atoms with Crippen molar-refractivity contribution in [3.63, 3.8) is 0 Å². The van der Waals surface area contributed by atoms with Gasteiger partial charge in [-0.25, -0.2) is 0 Å². The fourth-order valence-corrected chi connectivity index (χ4v) is 3.51. The predicted molar refractivity (Wildman–Crippen MR) is 110 cm³/mol. The molecule has 2 aromatic rings. The van der Waals surface area contributed by atoms with Crippen molar-refractivity contribution in [2.45, 2.75) is 13.0 Å². The van der Waals surface area contributed by atoms with E-state index in [-0.39, 0.29) is 5.91 Å². The second kappa shape index (κ2) is 9.62. The molecule has 6 heteroatoms. The molecular weight excluding hydrogens is 362 g/mol. The van der Waals surface area contributed by atoms with Crippen molar-refractivity contribution < 1.29 is 9.53 Å². The van der Waals surface area contributed by atoms with Crippen LogP contribution in [-0.2, 0) is 11.3 Å². The van der Waals surface area contributed by atoms with E-state index >= 15 is 0 Å². The van der Waals surface area contributed by atoms with Crippen LogP contribution < -0.4 is 15.0 Å². The summed E-state index contributed by atoms with van der Waals surface area (Å²) in [4.78, 5) is 16.7. The van der Waals surface area contributed by atoms with E-state index in [2.05, 4.69) is 16.3 Å². The van der Waals surface area contributed by atoms with Crippen LogP contribution in [0.2, 0.25) is 5.02 Å². The molecule has 1 saturated heterocycles. The highest BCUT2D eigenvalue weighted by Crippen LogP contribution is 2.28. The summed E-state index contributed by atoms with van der Waals surface area (Å²) in [5.74, 6) is 1.07. The van der Waals surface area contributed by atoms with Gasteiger partial charge in [0.15, 0.2) is 0 Å². The maximum absolute atomic E-state index is 12.5. The van der Waals surface area contributed by atoms with Crippen LogP contribution in [0.5, 0.6) is 5.75 Å². The molecule has 1 fully saturated rings. The first-order chi connectivity index (χ1) is 13.2. The first-order valence-corrected chi connectivity index (χ1v) is 9.66. The smallest absolute Gasteiger partial charge is 0.223 e. The molecule has 0 saturated carbocycles. The average Bonchev–Trinajstić information content (AvgIpc) is 2.72. The van der Waals surface area contributed by atoms with E-state index in [0.29, 0.717) is 19.5 Å². The number of piperazine rings is 1. The molecule has 1 heterocycles. The Labute approximate surface area is 165 Å². The quantitative estimate of drug-likeness (QED) is 0.741. The van der Waals surface area contributed by atoms with Crippen molar-refractivity contribution in [2.75, 3.05) is 44.7 Å². The Morgan fingerprint density at radius 3 is 2.52 bits per heavy atom. The van der Waals surface area contributed by atoms with Gasteiger partial charge in [0.25, 0.3) is 0 Å². The van der Waals surface area contributed by atoms with Gasteiger partial charge in [-0.2, -0.15) is 0 Å². The highest BCUT2D eigenvalue weighted by Gasteiger charge is 2.22. The zero-order valence-corrected chi connectivity index (χ0v) is 16.4. The number of carbonyl (C=O) groups is 1. The molecule has 1 aliphatic heterocycles. The van der Waals surface area contributed by atoms with Crippen LogP contribution in [0.25, 0.3) is 0 Å². The van der Waals surface area contributed by atoms with E-state index in [1.54, 1.807) is 7.11 Å². The second-order valence-electron chi connectivity index (χ2n) is 6.56. The normalized spacial score (nSPS) is 14.3. The topological polar surface area (TPSA) is 44.8 Å². The number of benzene rings is 2. The molecule has 1 N–H and O–H groups in total. The van der Waals surface area contributed by atoms with Crippen LogP contribution in [0.1, 0.15) is 12.0 Å². The van der Waals surface area contributed by atoms with Crippen LogP contribution in [0.4, 0.5) is 5.69 Å². The minimum Gasteiger partial charge on any atom is -0.495 e. The van der Waals surface area contributed by atoms with Crippen molar-refractivity contribution in [2.24, 2.45) is 0 Å². The molecule has 0 unspecified atom stereocenters. The van der Waals surface area contributed by atoms with E-state index in [0.717, 1.165) is 48.2 Å². The number of amides is 1. The van der Waals surface area contributed by atoms with Gasteiger partial charge in [-0.05, 0) is 23.8 Å². The Bertz CT molecular complexity index is 761. The van der Waals surface area contributed by atoms with Gasteiger partial charge in [0.2, 0.25) is 5.91 Å². The van der Waals surface area contributed by atoms with E-state index < -0.39 is 0 Å². The zero-order chi connectivity index (χ0) is 19.1. The lowest BCUT2D eigenvalue weighted by molar-refractivity contribution is -0.131. The van der Waals surface area contributed by atoms with Crippen molar-refractivity contribution in [1.29, 1.82) is 0 Å². The van der Waals surface area contributed by atoms with Crippen LogP contribution in [0, 0.1) is 0 Å². The summed E-state index contributed by atoms with van der Waals surface area (Å²) >= 11 is 6.14. The van der Waals surface area contributed by atoms with Gasteiger partial charge in [-0.1, -0.05) is 41.9 Å². The Balaban J connectivity index is 1.41. The number of hydrogen-bond acceptors (Lipinski definition) is 4. The van der Waals surface area contributed by atoms with Crippen molar-refractivity contribution in [3.05, 3.63) is 59.1 Å². The average molecular weight is 388 g/mol. The van der Waals surface area contributed by atoms with Gasteiger partial charge < -0.3 is 19.9 Å². The molecule has 0 radical (unpaired) electrons. The van der Waals surface area contributed by atoms with Gasteiger partial charge >= 0.3 is 0 Å². The maximum Gasteiger partial charge on any atom is 0.223 e. The maximum atomic E-state index is 12.5. The lowest BCUT2D eigenvalue weighted by atomic mass is 10.2. The molecule has 0 aromatic heterocycles. The summed E-state index contributed by atoms with van der Waals surface area (Å²) in [5.41, 5.74) is 2.14. The molecule has 0 spiro atoms. The van der Waals surface area contributed by atoms with E-state index in [9.17, 15) is 4.79 Å². The van der Waals surface area contributed by atoms with Crippen LogP contribution in [0.3, 0.4) is 0 Å². The molecule has 144 valence electrons. The lowest BCUT2D eigenvalue weighted by Crippen LogP contribution is -2.49. The molecule has 1 amide bonds. The molecule has 0 bridgehead atoms. The molecule has 0 atom stereocenters. The summed E-state index contributed by atoms with van der Waals surface area (Å²) in [6.07, 6.45) is 0.499. The minimum atomic E-state index is 0.196. The SMILES string of the molecule is COc1ccccc1N1CCN(C(=O)CCNCc2ccccc2Cl)CC1. The van der Waals surface area contributed by atoms with Crippen LogP contribution in [-0.4, -0.2) is 50.6 Å². The van der Waals surface area contributed by atoms with Gasteiger partial charge in [0.1, 0.15) is 5.75 Å². The highest BCUT2D eigenvalue weighted by molar-refractivity contribution is 6.31. The van der Waals surface area contributed by atoms with Crippen molar-refractivity contribution in [3.8, 4) is 5.75 Å². The van der Waals surface area contributed by atoms with Gasteiger partial charge in [0, 0.05) is 50.7 Å². The number of carbonyl (C=O) groups excluding carboxylic acids is 1. The Kier molecular flexibility index (Phi) is 6.96. The zero-order valence-electron chi connectivity index (χ0n) is 15.7. The summed E-state index contributed by atoms with van der Waals surface area (Å²) in [6, 6.07) is 15.8. The monoisotopic (exact) mass is 387 g/mol. The molecule has 1 aliphatic rings. The van der Waals surface area contributed by atoms with E-state index in [4.69, 9.17) is 16.3 Å². The van der Waals surface area contributed by atoms with Crippen LogP contribution in [0.15, 0.2) is 48.5 Å². The Morgan fingerprint density at radius 2 is 1.78 bits per heavy atom. The summed E-state index contributed by atoms with van der Waals surface area (Å²) < 4.78 is 5.44. The standard InChI is InChI=1S/C21H26ClN3O2/c1-27-20-9-5-4-8-19(20)24-12-14-25(15-13-24)21(26)10-11-23-16-17-6-2-3-7-18(17)22/h2-9,23H,10-16H2,1H3. The van der Waals surface area contributed by atoms with Gasteiger partial charge in [-0.15, -0.1) is 0 Å². The number of ether oxygens (including phenoxy) is 1. The van der Waals surface area contributed by atoms with Crippen molar-refractivity contribution >= 4 is 23.2 Å². The predicted octanol–water partition coefficient (Wildman–Crippen LogP) is 3.18. The molecule has 2 aromatic carbocycles. The Morgan fingerprint density at radius 1 is 1.07 bits per heavy atom. The number of methoxy groups -OCH3 is 1.